The zero-order valence-corrected chi connectivity index (χ0v) is 16.3. The summed E-state index contributed by atoms with van der Waals surface area (Å²) in [6, 6.07) is 5.49. The maximum Gasteiger partial charge on any atom is 0.408 e. The van der Waals surface area contributed by atoms with Gasteiger partial charge in [-0.25, -0.2) is 9.59 Å². The molecule has 0 bridgehead atoms. The molecule has 1 aliphatic rings. The van der Waals surface area contributed by atoms with Gasteiger partial charge in [0.05, 0.1) is 0 Å². The first-order valence-corrected chi connectivity index (χ1v) is 9.17. The molecule has 1 aromatic rings. The van der Waals surface area contributed by atoms with E-state index in [0.29, 0.717) is 6.04 Å². The molecule has 1 heterocycles. The second kappa shape index (κ2) is 7.98. The molecule has 6 nitrogen and oxygen atoms in total. The lowest BCUT2D eigenvalue weighted by atomic mass is 9.95. The second-order valence-electron chi connectivity index (χ2n) is 8.09. The fourth-order valence-corrected chi connectivity index (χ4v) is 3.23. The summed E-state index contributed by atoms with van der Waals surface area (Å²) < 4.78 is 5.17. The normalized spacial score (nSPS) is 15.4. The van der Waals surface area contributed by atoms with Crippen molar-refractivity contribution in [2.75, 3.05) is 11.4 Å². The van der Waals surface area contributed by atoms with Crippen molar-refractivity contribution < 1.29 is 19.4 Å². The monoisotopic (exact) mass is 362 g/mol. The number of fused-ring (bicyclic) bond motifs is 1. The molecule has 0 radical (unpaired) electrons. The van der Waals surface area contributed by atoms with E-state index in [0.717, 1.165) is 24.9 Å². The van der Waals surface area contributed by atoms with E-state index in [4.69, 9.17) is 4.74 Å². The number of carboxylic acids is 1. The summed E-state index contributed by atoms with van der Waals surface area (Å²) in [6.45, 7) is 10.6. The number of hydrogen-bond acceptors (Lipinski definition) is 4. The van der Waals surface area contributed by atoms with Crippen LogP contribution >= 0.6 is 0 Å². The third kappa shape index (κ3) is 5.38. The van der Waals surface area contributed by atoms with Gasteiger partial charge in [0.15, 0.2) is 0 Å². The van der Waals surface area contributed by atoms with Crippen LogP contribution in [-0.2, 0) is 22.4 Å². The van der Waals surface area contributed by atoms with Crippen LogP contribution in [0.3, 0.4) is 0 Å². The van der Waals surface area contributed by atoms with Crippen molar-refractivity contribution in [3.05, 3.63) is 29.3 Å². The number of aliphatic carboxylic acids is 1. The number of carbonyl (C=O) groups is 2. The van der Waals surface area contributed by atoms with E-state index < -0.39 is 23.7 Å². The third-order valence-electron chi connectivity index (χ3n) is 4.35. The second-order valence-corrected chi connectivity index (χ2v) is 8.09. The minimum Gasteiger partial charge on any atom is -0.480 e. The van der Waals surface area contributed by atoms with Crippen LogP contribution in [0.4, 0.5) is 10.5 Å². The first-order valence-electron chi connectivity index (χ1n) is 9.17. The van der Waals surface area contributed by atoms with E-state index >= 15 is 0 Å². The lowest BCUT2D eigenvalue weighted by molar-refractivity contribution is -0.139. The predicted molar refractivity (Wildman–Crippen MR) is 102 cm³/mol. The highest BCUT2D eigenvalue weighted by Gasteiger charge is 2.25. The van der Waals surface area contributed by atoms with E-state index in [9.17, 15) is 14.7 Å². The molecular weight excluding hydrogens is 332 g/mol. The minimum absolute atomic E-state index is 0.226. The van der Waals surface area contributed by atoms with Crippen molar-refractivity contribution in [3.8, 4) is 0 Å². The summed E-state index contributed by atoms with van der Waals surface area (Å²) in [6.07, 6.45) is 1.59. The van der Waals surface area contributed by atoms with Crippen molar-refractivity contribution in [3.63, 3.8) is 0 Å². The molecule has 0 saturated carbocycles. The van der Waals surface area contributed by atoms with E-state index in [1.165, 1.54) is 11.3 Å². The van der Waals surface area contributed by atoms with E-state index in [1.807, 2.05) is 6.07 Å². The average Bonchev–Trinajstić information content (AvgIpc) is 2.51. The summed E-state index contributed by atoms with van der Waals surface area (Å²) in [5, 5.41) is 11.9. The third-order valence-corrected chi connectivity index (χ3v) is 4.35. The van der Waals surface area contributed by atoms with Crippen molar-refractivity contribution in [2.45, 2.75) is 71.6 Å². The zero-order valence-electron chi connectivity index (χ0n) is 16.3. The van der Waals surface area contributed by atoms with Crippen molar-refractivity contribution in [1.29, 1.82) is 0 Å². The van der Waals surface area contributed by atoms with Crippen LogP contribution < -0.4 is 10.2 Å². The number of nitrogens with zero attached hydrogens (tertiary/aromatic N) is 1. The van der Waals surface area contributed by atoms with Gasteiger partial charge < -0.3 is 20.1 Å². The summed E-state index contributed by atoms with van der Waals surface area (Å²) >= 11 is 0. The first kappa shape index (κ1) is 20.1. The van der Waals surface area contributed by atoms with Gasteiger partial charge in [-0.15, -0.1) is 0 Å². The van der Waals surface area contributed by atoms with Crippen LogP contribution in [0.2, 0.25) is 0 Å². The zero-order chi connectivity index (χ0) is 19.5. The Labute approximate surface area is 155 Å². The van der Waals surface area contributed by atoms with E-state index in [-0.39, 0.29) is 6.42 Å². The smallest absolute Gasteiger partial charge is 0.408 e. The van der Waals surface area contributed by atoms with Gasteiger partial charge in [-0.05, 0) is 64.7 Å². The summed E-state index contributed by atoms with van der Waals surface area (Å²) in [4.78, 5) is 25.8. The molecule has 0 saturated heterocycles. The van der Waals surface area contributed by atoms with Gasteiger partial charge in [0.1, 0.15) is 11.6 Å². The molecule has 1 aromatic carbocycles. The largest absolute Gasteiger partial charge is 0.480 e. The Morgan fingerprint density at radius 3 is 2.58 bits per heavy atom. The first-order chi connectivity index (χ1) is 12.1. The Morgan fingerprint density at radius 2 is 2.00 bits per heavy atom. The minimum atomic E-state index is -1.07. The number of hydrogen-bond donors (Lipinski definition) is 2. The van der Waals surface area contributed by atoms with Crippen LogP contribution in [-0.4, -0.2) is 41.4 Å². The number of anilines is 1. The Hall–Kier alpha value is -2.24. The molecule has 2 N–H and O–H groups in total. The molecule has 0 spiro atoms. The van der Waals surface area contributed by atoms with Crippen molar-refractivity contribution in [1.82, 2.24) is 5.32 Å². The molecule has 1 amide bonds. The molecule has 26 heavy (non-hydrogen) atoms. The van der Waals surface area contributed by atoms with Gasteiger partial charge in [0, 0.05) is 24.7 Å². The number of ether oxygens (including phenoxy) is 1. The molecule has 0 fully saturated rings. The quantitative estimate of drug-likeness (QED) is 0.840. The number of aryl methyl sites for hydroxylation is 1. The molecule has 0 aromatic heterocycles. The van der Waals surface area contributed by atoms with E-state index in [2.05, 4.69) is 36.2 Å². The maximum atomic E-state index is 11.9. The van der Waals surface area contributed by atoms with Gasteiger partial charge in [-0.1, -0.05) is 12.1 Å². The Balaban J connectivity index is 2.12. The fourth-order valence-electron chi connectivity index (χ4n) is 3.23. The van der Waals surface area contributed by atoms with Crippen LogP contribution in [0.1, 0.15) is 52.2 Å². The Kier molecular flexibility index (Phi) is 6.16. The highest BCUT2D eigenvalue weighted by atomic mass is 16.6. The van der Waals surface area contributed by atoms with Gasteiger partial charge in [-0.2, -0.15) is 0 Å². The number of carbonyl (C=O) groups excluding carboxylic acids is 1. The number of nitrogens with one attached hydrogen (secondary N) is 1. The lowest BCUT2D eigenvalue weighted by Gasteiger charge is -2.35. The molecule has 0 aliphatic carbocycles. The molecule has 6 heteroatoms. The van der Waals surface area contributed by atoms with Gasteiger partial charge in [0.25, 0.3) is 0 Å². The van der Waals surface area contributed by atoms with E-state index in [1.54, 1.807) is 20.8 Å². The number of carboxylic acid groups (broad SMARTS) is 1. The summed E-state index contributed by atoms with van der Waals surface area (Å²) in [5.41, 5.74) is 2.70. The number of rotatable bonds is 5. The van der Waals surface area contributed by atoms with Crippen LogP contribution in [0.5, 0.6) is 0 Å². The number of alkyl carbamates (subject to hydrolysis) is 1. The van der Waals surface area contributed by atoms with Gasteiger partial charge in [0.2, 0.25) is 0 Å². The molecule has 144 valence electrons. The highest BCUT2D eigenvalue weighted by molar-refractivity contribution is 5.80. The summed E-state index contributed by atoms with van der Waals surface area (Å²) in [7, 11) is 0. The summed E-state index contributed by atoms with van der Waals surface area (Å²) in [5.74, 6) is -1.07. The lowest BCUT2D eigenvalue weighted by Crippen LogP contribution is -2.44. The number of benzene rings is 1. The topological polar surface area (TPSA) is 78.9 Å². The van der Waals surface area contributed by atoms with Gasteiger partial charge >= 0.3 is 12.1 Å². The standard InChI is InChI=1S/C20H30N2O4/c1-13(2)22-10-6-7-15-11-14(8-9-17(15)22)12-16(18(23)24)21-19(25)26-20(3,4)5/h8-9,11,13,16H,6-7,10,12H2,1-5H3,(H,21,25)(H,23,24). The van der Waals surface area contributed by atoms with Crippen molar-refractivity contribution in [2.24, 2.45) is 0 Å². The molecule has 2 rings (SSSR count). The van der Waals surface area contributed by atoms with Crippen LogP contribution in [0, 0.1) is 0 Å². The maximum absolute atomic E-state index is 11.9. The molecule has 1 aliphatic heterocycles. The number of amides is 1. The average molecular weight is 362 g/mol. The van der Waals surface area contributed by atoms with Gasteiger partial charge in [-0.3, -0.25) is 0 Å². The predicted octanol–water partition coefficient (Wildman–Crippen LogP) is 3.37. The highest BCUT2D eigenvalue weighted by Crippen LogP contribution is 2.29. The Morgan fingerprint density at radius 1 is 1.31 bits per heavy atom. The molecular formula is C20H30N2O4. The van der Waals surface area contributed by atoms with Crippen molar-refractivity contribution >= 4 is 17.7 Å². The Bertz CT molecular complexity index is 664. The van der Waals surface area contributed by atoms with Crippen LogP contribution in [0.25, 0.3) is 0 Å². The van der Waals surface area contributed by atoms with Crippen LogP contribution in [0.15, 0.2) is 18.2 Å². The molecule has 1 atom stereocenters. The molecule has 1 unspecified atom stereocenters. The fraction of sp³-hybridized carbons (Fsp3) is 0.600. The SMILES string of the molecule is CC(C)N1CCCc2cc(CC(NC(=O)OC(C)(C)C)C(=O)O)ccc21.